The van der Waals surface area contributed by atoms with Crippen molar-refractivity contribution in [3.8, 4) is 0 Å². The van der Waals surface area contributed by atoms with Crippen molar-refractivity contribution in [2.24, 2.45) is 5.73 Å². The standard InChI is InChI=1S/C18H23N/c1-3-15-5-4-6-17(13-15)18(19)12-11-16-9-7-14(2)8-10-16/h4-10,13,18H,3,11-12,19H2,1-2H3. The molecule has 2 N–H and O–H groups in total. The molecule has 0 aromatic heterocycles. The van der Waals surface area contributed by atoms with Gasteiger partial charge in [0.25, 0.3) is 0 Å². The van der Waals surface area contributed by atoms with Crippen LogP contribution in [0.5, 0.6) is 0 Å². The van der Waals surface area contributed by atoms with Crippen LogP contribution >= 0.6 is 0 Å². The van der Waals surface area contributed by atoms with E-state index in [1.54, 1.807) is 0 Å². The topological polar surface area (TPSA) is 26.0 Å². The molecule has 1 atom stereocenters. The van der Waals surface area contributed by atoms with Gasteiger partial charge in [-0.2, -0.15) is 0 Å². The fourth-order valence-electron chi connectivity index (χ4n) is 2.29. The van der Waals surface area contributed by atoms with Gasteiger partial charge in [-0.1, -0.05) is 61.0 Å². The van der Waals surface area contributed by atoms with Crippen LogP contribution in [0.1, 0.15) is 41.6 Å². The summed E-state index contributed by atoms with van der Waals surface area (Å²) in [7, 11) is 0. The van der Waals surface area contributed by atoms with Crippen molar-refractivity contribution in [3.05, 3.63) is 70.8 Å². The highest BCUT2D eigenvalue weighted by Gasteiger charge is 2.06. The SMILES string of the molecule is CCc1cccc(C(N)CCc2ccc(C)cc2)c1. The summed E-state index contributed by atoms with van der Waals surface area (Å²) in [6, 6.07) is 17.5. The van der Waals surface area contributed by atoms with Crippen LogP contribution in [-0.2, 0) is 12.8 Å². The Balaban J connectivity index is 1.96. The van der Waals surface area contributed by atoms with Gasteiger partial charge in [-0.3, -0.25) is 0 Å². The average molecular weight is 253 g/mol. The minimum absolute atomic E-state index is 0.132. The normalized spacial score (nSPS) is 12.4. The molecule has 2 aromatic carbocycles. The molecule has 100 valence electrons. The monoisotopic (exact) mass is 253 g/mol. The molecular weight excluding hydrogens is 230 g/mol. The third-order valence-electron chi connectivity index (χ3n) is 3.65. The Labute approximate surface area is 116 Å². The highest BCUT2D eigenvalue weighted by molar-refractivity contribution is 5.26. The van der Waals surface area contributed by atoms with Gasteiger partial charge >= 0.3 is 0 Å². The first-order valence-electron chi connectivity index (χ1n) is 7.09. The van der Waals surface area contributed by atoms with Gasteiger partial charge in [0.1, 0.15) is 0 Å². The number of nitrogens with two attached hydrogens (primary N) is 1. The molecule has 19 heavy (non-hydrogen) atoms. The van der Waals surface area contributed by atoms with Gasteiger partial charge in [-0.15, -0.1) is 0 Å². The molecule has 1 heteroatoms. The third kappa shape index (κ3) is 3.93. The van der Waals surface area contributed by atoms with E-state index in [4.69, 9.17) is 5.73 Å². The molecular formula is C18H23N. The number of hydrogen-bond donors (Lipinski definition) is 1. The summed E-state index contributed by atoms with van der Waals surface area (Å²) in [4.78, 5) is 0. The Morgan fingerprint density at radius 2 is 1.74 bits per heavy atom. The van der Waals surface area contributed by atoms with E-state index in [0.29, 0.717) is 0 Å². The molecule has 0 amide bonds. The number of rotatable bonds is 5. The Bertz CT molecular complexity index is 513. The minimum atomic E-state index is 0.132. The molecule has 1 nitrogen and oxygen atoms in total. The van der Waals surface area contributed by atoms with Crippen LogP contribution in [-0.4, -0.2) is 0 Å². The largest absolute Gasteiger partial charge is 0.324 e. The molecule has 0 aliphatic carbocycles. The Hall–Kier alpha value is -1.60. The molecule has 0 fully saturated rings. The summed E-state index contributed by atoms with van der Waals surface area (Å²) in [6.07, 6.45) is 3.10. The minimum Gasteiger partial charge on any atom is -0.324 e. The molecule has 2 rings (SSSR count). The zero-order valence-electron chi connectivity index (χ0n) is 11.9. The molecule has 0 spiro atoms. The van der Waals surface area contributed by atoms with E-state index in [1.807, 2.05) is 0 Å². The van der Waals surface area contributed by atoms with E-state index >= 15 is 0 Å². The fraction of sp³-hybridized carbons (Fsp3) is 0.333. The maximum absolute atomic E-state index is 6.30. The van der Waals surface area contributed by atoms with E-state index in [9.17, 15) is 0 Å². The summed E-state index contributed by atoms with van der Waals surface area (Å²) in [5.74, 6) is 0. The Kier molecular flexibility index (Phi) is 4.75. The van der Waals surface area contributed by atoms with Crippen molar-refractivity contribution >= 4 is 0 Å². The van der Waals surface area contributed by atoms with Gasteiger partial charge in [-0.05, 0) is 42.9 Å². The van der Waals surface area contributed by atoms with Crippen LogP contribution in [0.15, 0.2) is 48.5 Å². The lowest BCUT2D eigenvalue weighted by Crippen LogP contribution is -2.11. The van der Waals surface area contributed by atoms with Crippen molar-refractivity contribution in [2.45, 2.75) is 39.2 Å². The molecule has 1 unspecified atom stereocenters. The van der Waals surface area contributed by atoms with Crippen molar-refractivity contribution < 1.29 is 0 Å². The maximum Gasteiger partial charge on any atom is 0.0298 e. The van der Waals surface area contributed by atoms with Gasteiger partial charge in [-0.25, -0.2) is 0 Å². The van der Waals surface area contributed by atoms with Gasteiger partial charge in [0.05, 0.1) is 0 Å². The molecule has 0 saturated carbocycles. The lowest BCUT2D eigenvalue weighted by Gasteiger charge is -2.13. The third-order valence-corrected chi connectivity index (χ3v) is 3.65. The van der Waals surface area contributed by atoms with Crippen LogP contribution in [0, 0.1) is 6.92 Å². The molecule has 0 aliphatic heterocycles. The van der Waals surface area contributed by atoms with E-state index in [0.717, 1.165) is 19.3 Å². The van der Waals surface area contributed by atoms with Crippen molar-refractivity contribution in [1.29, 1.82) is 0 Å². The zero-order chi connectivity index (χ0) is 13.7. The number of benzene rings is 2. The smallest absolute Gasteiger partial charge is 0.0298 e. The van der Waals surface area contributed by atoms with Crippen molar-refractivity contribution in [3.63, 3.8) is 0 Å². The van der Waals surface area contributed by atoms with E-state index in [-0.39, 0.29) is 6.04 Å². The highest BCUT2D eigenvalue weighted by Crippen LogP contribution is 2.18. The summed E-state index contributed by atoms with van der Waals surface area (Å²) >= 11 is 0. The van der Waals surface area contributed by atoms with E-state index < -0.39 is 0 Å². The molecule has 0 radical (unpaired) electrons. The first kappa shape index (κ1) is 13.8. The molecule has 0 saturated heterocycles. The van der Waals surface area contributed by atoms with Crippen molar-refractivity contribution in [1.82, 2.24) is 0 Å². The quantitative estimate of drug-likeness (QED) is 0.849. The second-order valence-corrected chi connectivity index (χ2v) is 5.23. The van der Waals surface area contributed by atoms with Crippen molar-refractivity contribution in [2.75, 3.05) is 0 Å². The lowest BCUT2D eigenvalue weighted by molar-refractivity contribution is 0.650. The second-order valence-electron chi connectivity index (χ2n) is 5.23. The predicted octanol–water partition coefficient (Wildman–Crippen LogP) is 4.19. The highest BCUT2D eigenvalue weighted by atomic mass is 14.6. The molecule has 0 heterocycles. The van der Waals surface area contributed by atoms with Crippen LogP contribution in [0.3, 0.4) is 0 Å². The van der Waals surface area contributed by atoms with E-state index in [2.05, 4.69) is 62.4 Å². The summed E-state index contributed by atoms with van der Waals surface area (Å²) in [6.45, 7) is 4.29. The maximum atomic E-state index is 6.30. The predicted molar refractivity (Wildman–Crippen MR) is 82.2 cm³/mol. The number of aryl methyl sites for hydroxylation is 3. The van der Waals surface area contributed by atoms with E-state index in [1.165, 1.54) is 22.3 Å². The number of hydrogen-bond acceptors (Lipinski definition) is 1. The van der Waals surface area contributed by atoms with Gasteiger partial charge in [0.2, 0.25) is 0 Å². The van der Waals surface area contributed by atoms with Crippen LogP contribution < -0.4 is 5.73 Å². The zero-order valence-corrected chi connectivity index (χ0v) is 11.9. The molecule has 0 bridgehead atoms. The van der Waals surface area contributed by atoms with Crippen LogP contribution in [0.4, 0.5) is 0 Å². The van der Waals surface area contributed by atoms with Crippen LogP contribution in [0.2, 0.25) is 0 Å². The summed E-state index contributed by atoms with van der Waals surface area (Å²) in [5.41, 5.74) is 11.6. The first-order valence-corrected chi connectivity index (χ1v) is 7.09. The summed E-state index contributed by atoms with van der Waals surface area (Å²) in [5, 5.41) is 0. The van der Waals surface area contributed by atoms with Crippen LogP contribution in [0.25, 0.3) is 0 Å². The Morgan fingerprint density at radius 1 is 1.00 bits per heavy atom. The lowest BCUT2D eigenvalue weighted by atomic mass is 9.97. The Morgan fingerprint density at radius 3 is 2.42 bits per heavy atom. The second kappa shape index (κ2) is 6.53. The molecule has 2 aromatic rings. The van der Waals surface area contributed by atoms with Gasteiger partial charge < -0.3 is 5.73 Å². The van der Waals surface area contributed by atoms with Gasteiger partial charge in [0, 0.05) is 6.04 Å². The average Bonchev–Trinajstić information content (AvgIpc) is 2.46. The summed E-state index contributed by atoms with van der Waals surface area (Å²) < 4.78 is 0. The van der Waals surface area contributed by atoms with Gasteiger partial charge in [0.15, 0.2) is 0 Å². The molecule has 0 aliphatic rings. The fourth-order valence-corrected chi connectivity index (χ4v) is 2.29. The first-order chi connectivity index (χ1) is 9.19.